The van der Waals surface area contributed by atoms with Gasteiger partial charge in [0.1, 0.15) is 16.7 Å². The Bertz CT molecular complexity index is 1180. The number of rotatable bonds is 5. The number of halogens is 2. The standard InChI is InChI=1S/C22H21Cl2N3O4S/c23-17-8-9-18(24)20(15-17)32(29,30)27-12-10-26(11-13-27)22(28)25-21(19-7-4-14-31-19)16-5-2-1-3-6-16/h1-9,14-15,21H,10-13H2,(H,25,28). The van der Waals surface area contributed by atoms with Crippen LogP contribution in [-0.2, 0) is 10.0 Å². The van der Waals surface area contributed by atoms with E-state index in [1.54, 1.807) is 23.3 Å². The number of hydrogen-bond donors (Lipinski definition) is 1. The van der Waals surface area contributed by atoms with Crippen molar-refractivity contribution in [2.24, 2.45) is 0 Å². The zero-order valence-electron chi connectivity index (χ0n) is 16.9. The summed E-state index contributed by atoms with van der Waals surface area (Å²) in [5.74, 6) is 0.612. The Hall–Kier alpha value is -2.52. The predicted molar refractivity (Wildman–Crippen MR) is 122 cm³/mol. The van der Waals surface area contributed by atoms with Crippen molar-refractivity contribution in [2.45, 2.75) is 10.9 Å². The van der Waals surface area contributed by atoms with Gasteiger partial charge in [-0.3, -0.25) is 0 Å². The van der Waals surface area contributed by atoms with E-state index in [1.807, 2.05) is 30.3 Å². The van der Waals surface area contributed by atoms with E-state index in [9.17, 15) is 13.2 Å². The minimum atomic E-state index is -3.82. The fourth-order valence-corrected chi connectivity index (χ4v) is 5.74. The highest BCUT2D eigenvalue weighted by molar-refractivity contribution is 7.89. The molecule has 10 heteroatoms. The van der Waals surface area contributed by atoms with E-state index in [0.717, 1.165) is 5.56 Å². The van der Waals surface area contributed by atoms with Crippen LogP contribution in [0.25, 0.3) is 0 Å². The normalized spacial score (nSPS) is 16.0. The van der Waals surface area contributed by atoms with Gasteiger partial charge in [0.15, 0.2) is 0 Å². The van der Waals surface area contributed by atoms with Crippen molar-refractivity contribution in [2.75, 3.05) is 26.2 Å². The lowest BCUT2D eigenvalue weighted by Crippen LogP contribution is -2.53. The van der Waals surface area contributed by atoms with E-state index < -0.39 is 16.1 Å². The molecule has 0 bridgehead atoms. The van der Waals surface area contributed by atoms with E-state index in [2.05, 4.69) is 5.32 Å². The lowest BCUT2D eigenvalue weighted by molar-refractivity contribution is 0.169. The van der Waals surface area contributed by atoms with Gasteiger partial charge in [-0.2, -0.15) is 4.31 Å². The van der Waals surface area contributed by atoms with Gasteiger partial charge >= 0.3 is 6.03 Å². The minimum absolute atomic E-state index is 0.0356. The molecular formula is C22H21Cl2N3O4S. The Balaban J connectivity index is 1.45. The van der Waals surface area contributed by atoms with E-state index in [-0.39, 0.29) is 47.2 Å². The van der Waals surface area contributed by atoms with E-state index >= 15 is 0 Å². The Morgan fingerprint density at radius 3 is 2.34 bits per heavy atom. The van der Waals surface area contributed by atoms with Crippen LogP contribution in [0.4, 0.5) is 4.79 Å². The molecule has 1 aliphatic heterocycles. The van der Waals surface area contributed by atoms with Gasteiger partial charge in [-0.1, -0.05) is 53.5 Å². The maximum absolute atomic E-state index is 13.0. The van der Waals surface area contributed by atoms with Crippen LogP contribution in [0.15, 0.2) is 76.2 Å². The molecule has 2 amide bonds. The number of benzene rings is 2. The molecule has 0 aliphatic carbocycles. The number of nitrogens with zero attached hydrogens (tertiary/aromatic N) is 2. The molecule has 1 fully saturated rings. The quantitative estimate of drug-likeness (QED) is 0.571. The molecule has 1 unspecified atom stereocenters. The SMILES string of the molecule is O=C(NC(c1ccccc1)c1ccco1)N1CCN(S(=O)(=O)c2cc(Cl)ccc2Cl)CC1. The van der Waals surface area contributed by atoms with Gasteiger partial charge in [0.05, 0.1) is 11.3 Å². The molecule has 2 aromatic carbocycles. The Labute approximate surface area is 196 Å². The lowest BCUT2D eigenvalue weighted by atomic mass is 10.0. The zero-order chi connectivity index (χ0) is 22.7. The average Bonchev–Trinajstić information content (AvgIpc) is 3.34. The van der Waals surface area contributed by atoms with Gasteiger partial charge in [-0.25, -0.2) is 13.2 Å². The number of carbonyl (C=O) groups is 1. The monoisotopic (exact) mass is 493 g/mol. The molecule has 32 heavy (non-hydrogen) atoms. The highest BCUT2D eigenvalue weighted by Crippen LogP contribution is 2.28. The fraction of sp³-hybridized carbons (Fsp3) is 0.227. The topological polar surface area (TPSA) is 82.9 Å². The van der Waals surface area contributed by atoms with Crippen molar-refractivity contribution in [3.8, 4) is 0 Å². The van der Waals surface area contributed by atoms with Gasteiger partial charge < -0.3 is 14.6 Å². The molecule has 0 saturated carbocycles. The smallest absolute Gasteiger partial charge is 0.318 e. The summed E-state index contributed by atoms with van der Waals surface area (Å²) in [6, 6.07) is 16.6. The summed E-state index contributed by atoms with van der Waals surface area (Å²) in [4.78, 5) is 14.5. The number of carbonyl (C=O) groups excluding carboxylic acids is 1. The van der Waals surface area contributed by atoms with Crippen molar-refractivity contribution in [1.82, 2.24) is 14.5 Å². The lowest BCUT2D eigenvalue weighted by Gasteiger charge is -2.35. The molecule has 1 N–H and O–H groups in total. The first-order valence-corrected chi connectivity index (χ1v) is 12.1. The second-order valence-electron chi connectivity index (χ2n) is 7.27. The van der Waals surface area contributed by atoms with Crippen molar-refractivity contribution in [3.63, 3.8) is 0 Å². The number of sulfonamides is 1. The van der Waals surface area contributed by atoms with Crippen LogP contribution < -0.4 is 5.32 Å². The minimum Gasteiger partial charge on any atom is -0.467 e. The molecule has 4 rings (SSSR count). The van der Waals surface area contributed by atoms with Crippen molar-refractivity contribution >= 4 is 39.3 Å². The fourth-order valence-electron chi connectivity index (χ4n) is 3.58. The van der Waals surface area contributed by atoms with E-state index in [0.29, 0.717) is 5.76 Å². The van der Waals surface area contributed by atoms with Crippen LogP contribution in [0, 0.1) is 0 Å². The second kappa shape index (κ2) is 9.54. The number of amides is 2. The van der Waals surface area contributed by atoms with Crippen molar-refractivity contribution in [1.29, 1.82) is 0 Å². The maximum atomic E-state index is 13.0. The predicted octanol–water partition coefficient (Wildman–Crippen LogP) is 4.39. The van der Waals surface area contributed by atoms with Crippen LogP contribution >= 0.6 is 23.2 Å². The highest BCUT2D eigenvalue weighted by atomic mass is 35.5. The Morgan fingerprint density at radius 1 is 0.969 bits per heavy atom. The molecule has 1 atom stereocenters. The first kappa shape index (κ1) is 22.7. The summed E-state index contributed by atoms with van der Waals surface area (Å²) < 4.78 is 32.9. The van der Waals surface area contributed by atoms with Crippen molar-refractivity contribution in [3.05, 3.63) is 88.3 Å². The third-order valence-electron chi connectivity index (χ3n) is 5.27. The van der Waals surface area contributed by atoms with E-state index in [4.69, 9.17) is 27.6 Å². The number of nitrogens with one attached hydrogen (secondary N) is 1. The molecule has 1 saturated heterocycles. The summed E-state index contributed by atoms with van der Waals surface area (Å²) in [5, 5.41) is 3.39. The molecular weight excluding hydrogens is 473 g/mol. The summed E-state index contributed by atoms with van der Waals surface area (Å²) in [6.45, 7) is 0.774. The van der Waals surface area contributed by atoms with Crippen LogP contribution in [0.2, 0.25) is 10.0 Å². The molecule has 0 radical (unpaired) electrons. The highest BCUT2D eigenvalue weighted by Gasteiger charge is 2.32. The Morgan fingerprint density at radius 2 is 1.69 bits per heavy atom. The largest absolute Gasteiger partial charge is 0.467 e. The van der Waals surface area contributed by atoms with Gasteiger partial charge in [0.25, 0.3) is 0 Å². The average molecular weight is 494 g/mol. The molecule has 168 valence electrons. The number of urea groups is 1. The van der Waals surface area contributed by atoms with E-state index in [1.165, 1.54) is 22.5 Å². The molecule has 1 aromatic heterocycles. The molecule has 2 heterocycles. The molecule has 7 nitrogen and oxygen atoms in total. The van der Waals surface area contributed by atoms with Crippen LogP contribution in [0.3, 0.4) is 0 Å². The number of furan rings is 1. The van der Waals surface area contributed by atoms with Gasteiger partial charge in [0, 0.05) is 31.2 Å². The maximum Gasteiger partial charge on any atom is 0.318 e. The number of piperazine rings is 1. The molecule has 0 spiro atoms. The van der Waals surface area contributed by atoms with Crippen molar-refractivity contribution < 1.29 is 17.6 Å². The third kappa shape index (κ3) is 4.78. The Kier molecular flexibility index (Phi) is 6.76. The van der Waals surface area contributed by atoms with Gasteiger partial charge in [-0.15, -0.1) is 0 Å². The van der Waals surface area contributed by atoms with Crippen LogP contribution in [0.5, 0.6) is 0 Å². The molecule has 1 aliphatic rings. The summed E-state index contributed by atoms with van der Waals surface area (Å²) in [5.41, 5.74) is 0.882. The molecule has 3 aromatic rings. The zero-order valence-corrected chi connectivity index (χ0v) is 19.3. The summed E-state index contributed by atoms with van der Waals surface area (Å²) >= 11 is 12.1. The number of hydrogen-bond acceptors (Lipinski definition) is 4. The summed E-state index contributed by atoms with van der Waals surface area (Å²) in [6.07, 6.45) is 1.56. The first-order valence-electron chi connectivity index (χ1n) is 9.95. The van der Waals surface area contributed by atoms with Gasteiger partial charge in [0.2, 0.25) is 10.0 Å². The third-order valence-corrected chi connectivity index (χ3v) is 7.88. The summed E-state index contributed by atoms with van der Waals surface area (Å²) in [7, 11) is -3.82. The first-order chi connectivity index (χ1) is 15.4. The second-order valence-corrected chi connectivity index (χ2v) is 10.0. The van der Waals surface area contributed by atoms with Crippen LogP contribution in [-0.4, -0.2) is 49.8 Å². The van der Waals surface area contributed by atoms with Gasteiger partial charge in [-0.05, 0) is 35.9 Å². The van der Waals surface area contributed by atoms with Crippen LogP contribution in [0.1, 0.15) is 17.4 Å².